The van der Waals surface area contributed by atoms with Crippen molar-refractivity contribution in [2.45, 2.75) is 6.43 Å². The van der Waals surface area contributed by atoms with Crippen LogP contribution in [0.4, 0.5) is 20.7 Å². The van der Waals surface area contributed by atoms with E-state index < -0.39 is 13.0 Å². The van der Waals surface area contributed by atoms with Crippen molar-refractivity contribution in [2.75, 3.05) is 38.0 Å². The maximum Gasteiger partial charge on any atom is 0.322 e. The van der Waals surface area contributed by atoms with Gasteiger partial charge in [-0.1, -0.05) is 0 Å². The normalized spacial score (nSPS) is 10.4. The number of alkyl halides is 2. The Morgan fingerprint density at radius 2 is 2.06 bits per heavy atom. The van der Waals surface area contributed by atoms with Gasteiger partial charge in [0, 0.05) is 14.1 Å². The summed E-state index contributed by atoms with van der Waals surface area (Å²) in [5.41, 5.74) is 0. The highest BCUT2D eigenvalue weighted by Gasteiger charge is 2.13. The van der Waals surface area contributed by atoms with Crippen LogP contribution >= 0.6 is 0 Å². The second-order valence-corrected chi connectivity index (χ2v) is 2.97. The smallest absolute Gasteiger partial charge is 0.322 e. The third-order valence-electron chi connectivity index (χ3n) is 1.76. The van der Waals surface area contributed by atoms with Crippen molar-refractivity contribution >= 4 is 11.9 Å². The number of methoxy groups -OCH3 is 1. The van der Waals surface area contributed by atoms with Crippen molar-refractivity contribution in [1.29, 1.82) is 0 Å². The van der Waals surface area contributed by atoms with E-state index in [9.17, 15) is 8.78 Å². The van der Waals surface area contributed by atoms with Crippen LogP contribution in [0.1, 0.15) is 0 Å². The fourth-order valence-electron chi connectivity index (χ4n) is 1.01. The summed E-state index contributed by atoms with van der Waals surface area (Å²) >= 11 is 0. The van der Waals surface area contributed by atoms with E-state index >= 15 is 0 Å². The minimum Gasteiger partial charge on any atom is -0.467 e. The van der Waals surface area contributed by atoms with Crippen LogP contribution in [0.3, 0.4) is 0 Å². The number of hydrogen-bond acceptors (Lipinski definition) is 6. The van der Waals surface area contributed by atoms with Crippen LogP contribution in [0.5, 0.6) is 6.01 Å². The molecule has 0 amide bonds. The van der Waals surface area contributed by atoms with Gasteiger partial charge in [-0.25, -0.2) is 8.78 Å². The molecule has 0 atom stereocenters. The molecule has 0 fully saturated rings. The number of nitrogens with zero attached hydrogens (tertiary/aromatic N) is 4. The molecule has 0 aliphatic carbocycles. The number of rotatable bonds is 5. The highest BCUT2D eigenvalue weighted by atomic mass is 19.3. The molecular weight excluding hydrogens is 220 g/mol. The zero-order valence-corrected chi connectivity index (χ0v) is 9.24. The average molecular weight is 233 g/mol. The van der Waals surface area contributed by atoms with Crippen molar-refractivity contribution in [3.63, 3.8) is 0 Å². The lowest BCUT2D eigenvalue weighted by Crippen LogP contribution is -2.26. The number of ether oxygens (including phenoxy) is 1. The predicted molar refractivity (Wildman–Crippen MR) is 55.2 cm³/mol. The summed E-state index contributed by atoms with van der Waals surface area (Å²) in [6.45, 7) is -0.448. The van der Waals surface area contributed by atoms with E-state index in [1.54, 1.807) is 7.05 Å². The molecule has 1 aromatic rings. The summed E-state index contributed by atoms with van der Waals surface area (Å²) in [6, 6.07) is 0.0791. The highest BCUT2D eigenvalue weighted by molar-refractivity contribution is 5.37. The first-order valence-electron chi connectivity index (χ1n) is 4.54. The molecule has 0 saturated carbocycles. The minimum atomic E-state index is -2.45. The van der Waals surface area contributed by atoms with E-state index in [4.69, 9.17) is 4.74 Å². The average Bonchev–Trinajstić information content (AvgIpc) is 2.27. The van der Waals surface area contributed by atoms with Crippen LogP contribution in [0.25, 0.3) is 0 Å². The van der Waals surface area contributed by atoms with Crippen LogP contribution < -0.4 is 15.0 Å². The monoisotopic (exact) mass is 233 g/mol. The zero-order valence-electron chi connectivity index (χ0n) is 9.24. The van der Waals surface area contributed by atoms with E-state index in [2.05, 4.69) is 20.3 Å². The van der Waals surface area contributed by atoms with Crippen LogP contribution in [0.15, 0.2) is 0 Å². The summed E-state index contributed by atoms with van der Waals surface area (Å²) in [6.07, 6.45) is -2.45. The topological polar surface area (TPSA) is 63.2 Å². The molecule has 0 aromatic carbocycles. The third kappa shape index (κ3) is 3.14. The summed E-state index contributed by atoms with van der Waals surface area (Å²) < 4.78 is 29.2. The quantitative estimate of drug-likeness (QED) is 0.804. The number of nitrogens with one attached hydrogen (secondary N) is 1. The summed E-state index contributed by atoms with van der Waals surface area (Å²) in [4.78, 5) is 12.9. The highest BCUT2D eigenvalue weighted by Crippen LogP contribution is 2.14. The van der Waals surface area contributed by atoms with Crippen molar-refractivity contribution in [1.82, 2.24) is 15.0 Å². The van der Waals surface area contributed by atoms with Gasteiger partial charge in [0.1, 0.15) is 0 Å². The lowest BCUT2D eigenvalue weighted by atomic mass is 10.6. The molecule has 0 aliphatic heterocycles. The number of anilines is 2. The van der Waals surface area contributed by atoms with Crippen molar-refractivity contribution in [3.8, 4) is 6.01 Å². The third-order valence-corrected chi connectivity index (χ3v) is 1.76. The molecule has 1 heterocycles. The molecule has 0 aliphatic rings. The maximum absolute atomic E-state index is 12.2. The Kier molecular flexibility index (Phi) is 4.15. The van der Waals surface area contributed by atoms with Crippen LogP contribution in [0, 0.1) is 0 Å². The van der Waals surface area contributed by atoms with Crippen LogP contribution in [-0.2, 0) is 0 Å². The van der Waals surface area contributed by atoms with Crippen molar-refractivity contribution in [2.24, 2.45) is 0 Å². The molecule has 0 unspecified atom stereocenters. The number of halogens is 2. The first kappa shape index (κ1) is 12.3. The lowest BCUT2D eigenvalue weighted by Gasteiger charge is -2.16. The fraction of sp³-hybridized carbons (Fsp3) is 0.625. The molecular formula is C8H13F2N5O. The van der Waals surface area contributed by atoms with Gasteiger partial charge >= 0.3 is 6.01 Å². The van der Waals surface area contributed by atoms with Crippen LogP contribution in [0.2, 0.25) is 0 Å². The first-order chi connectivity index (χ1) is 7.56. The molecule has 1 rings (SSSR count). The summed E-state index contributed by atoms with van der Waals surface area (Å²) in [5.74, 6) is 0.402. The Bertz CT molecular complexity index is 327. The summed E-state index contributed by atoms with van der Waals surface area (Å²) in [5, 5.41) is 2.69. The summed E-state index contributed by atoms with van der Waals surface area (Å²) in [7, 11) is 4.48. The SMILES string of the molecule is CNc1nc(OC)nc(N(C)CC(F)F)n1. The molecule has 0 bridgehead atoms. The maximum atomic E-state index is 12.2. The molecule has 8 heteroatoms. The van der Waals surface area contributed by atoms with Gasteiger partial charge in [0.15, 0.2) is 0 Å². The van der Waals surface area contributed by atoms with E-state index in [0.717, 1.165) is 0 Å². The van der Waals surface area contributed by atoms with Gasteiger partial charge in [0.2, 0.25) is 11.9 Å². The fourth-order valence-corrected chi connectivity index (χ4v) is 1.01. The molecule has 1 aromatic heterocycles. The molecule has 16 heavy (non-hydrogen) atoms. The number of aromatic nitrogens is 3. The Morgan fingerprint density at radius 3 is 2.56 bits per heavy atom. The molecule has 6 nitrogen and oxygen atoms in total. The molecule has 0 radical (unpaired) electrons. The zero-order chi connectivity index (χ0) is 12.1. The number of hydrogen-bond donors (Lipinski definition) is 1. The van der Waals surface area contributed by atoms with Crippen molar-refractivity contribution < 1.29 is 13.5 Å². The molecule has 90 valence electrons. The minimum absolute atomic E-state index is 0.0791. The van der Waals surface area contributed by atoms with Gasteiger partial charge in [-0.05, 0) is 0 Å². The van der Waals surface area contributed by atoms with Gasteiger partial charge < -0.3 is 15.0 Å². The molecule has 1 N–H and O–H groups in total. The van der Waals surface area contributed by atoms with Gasteiger partial charge in [0.25, 0.3) is 6.43 Å². The largest absolute Gasteiger partial charge is 0.467 e. The van der Waals surface area contributed by atoms with Gasteiger partial charge in [-0.3, -0.25) is 0 Å². The molecule has 0 spiro atoms. The van der Waals surface area contributed by atoms with E-state index in [0.29, 0.717) is 0 Å². The van der Waals surface area contributed by atoms with Crippen LogP contribution in [-0.4, -0.2) is 49.1 Å². The standard InChI is InChI=1S/C8H13F2N5O/c1-11-6-12-7(14-8(13-6)16-3)15(2)4-5(9)10/h5H,4H2,1-3H3,(H,11,12,13,14). The van der Waals surface area contributed by atoms with E-state index in [1.165, 1.54) is 19.1 Å². The Balaban J connectivity index is 2.93. The predicted octanol–water partition coefficient (Wildman–Crippen LogP) is 0.623. The van der Waals surface area contributed by atoms with Gasteiger partial charge in [0.05, 0.1) is 13.7 Å². The lowest BCUT2D eigenvalue weighted by molar-refractivity contribution is 0.156. The first-order valence-corrected chi connectivity index (χ1v) is 4.54. The second kappa shape index (κ2) is 5.38. The Hall–Kier alpha value is -1.73. The Labute approximate surface area is 91.7 Å². The van der Waals surface area contributed by atoms with Crippen molar-refractivity contribution in [3.05, 3.63) is 0 Å². The van der Waals surface area contributed by atoms with Gasteiger partial charge in [-0.2, -0.15) is 15.0 Å². The molecule has 0 saturated heterocycles. The van der Waals surface area contributed by atoms with E-state index in [1.807, 2.05) is 0 Å². The van der Waals surface area contributed by atoms with E-state index in [-0.39, 0.29) is 17.9 Å². The Morgan fingerprint density at radius 1 is 1.38 bits per heavy atom. The van der Waals surface area contributed by atoms with Gasteiger partial charge in [-0.15, -0.1) is 0 Å². The second-order valence-electron chi connectivity index (χ2n) is 2.97.